The van der Waals surface area contributed by atoms with Crippen LogP contribution in [0.15, 0.2) is 83.6 Å². The van der Waals surface area contributed by atoms with Crippen molar-refractivity contribution in [1.29, 1.82) is 0 Å². The van der Waals surface area contributed by atoms with Crippen molar-refractivity contribution in [3.8, 4) is 0 Å². The minimum Gasteiger partial charge on any atom is -0.0812 e. The quantitative estimate of drug-likeness (QED) is 0.467. The predicted octanol–water partition coefficient (Wildman–Crippen LogP) is 5.64. The molecule has 1 aliphatic carbocycles. The van der Waals surface area contributed by atoms with Gasteiger partial charge in [-0.3, -0.25) is 0 Å². The van der Waals surface area contributed by atoms with Gasteiger partial charge in [0.15, 0.2) is 0 Å². The van der Waals surface area contributed by atoms with E-state index in [0.717, 1.165) is 0 Å². The van der Waals surface area contributed by atoms with E-state index in [1.807, 2.05) is 0 Å². The summed E-state index contributed by atoms with van der Waals surface area (Å²) in [6, 6.07) is 22.1. The molecular weight excluding hydrogens is 323 g/mol. The Morgan fingerprint density at radius 3 is 1.83 bits per heavy atom. The van der Waals surface area contributed by atoms with Crippen molar-refractivity contribution in [2.75, 3.05) is 6.16 Å². The third-order valence-corrected chi connectivity index (χ3v) is 9.20. The van der Waals surface area contributed by atoms with Crippen molar-refractivity contribution >= 4 is 26.6 Å². The second-order valence-electron chi connectivity index (χ2n) is 7.49. The molecule has 24 heavy (non-hydrogen) atoms. The Bertz CT molecular complexity index is 684. The highest BCUT2D eigenvalue weighted by Crippen LogP contribution is 2.37. The first kappa shape index (κ1) is 17.4. The molecular formula is C22H27PSi. The monoisotopic (exact) mass is 350 g/mol. The average Bonchev–Trinajstić information content (AvgIpc) is 3.06. The molecule has 0 unspecified atom stereocenters. The molecule has 0 aliphatic heterocycles. The Morgan fingerprint density at radius 1 is 0.833 bits per heavy atom. The van der Waals surface area contributed by atoms with Gasteiger partial charge in [-0.05, 0) is 37.5 Å². The molecule has 0 fully saturated rings. The molecule has 2 heteroatoms. The van der Waals surface area contributed by atoms with Crippen LogP contribution < -0.4 is 10.6 Å². The van der Waals surface area contributed by atoms with Crippen LogP contribution >= 0.6 is 7.92 Å². The van der Waals surface area contributed by atoms with Crippen LogP contribution in [0.2, 0.25) is 19.6 Å². The molecule has 0 heterocycles. The molecule has 1 aliphatic rings. The Labute approximate surface area is 149 Å². The van der Waals surface area contributed by atoms with Gasteiger partial charge in [0, 0.05) is 0 Å². The first-order chi connectivity index (χ1) is 11.5. The van der Waals surface area contributed by atoms with E-state index in [-0.39, 0.29) is 7.92 Å². The molecule has 0 spiro atoms. The number of rotatable bonds is 6. The third-order valence-electron chi connectivity index (χ3n) is 4.60. The van der Waals surface area contributed by atoms with E-state index in [2.05, 4.69) is 92.5 Å². The molecule has 124 valence electrons. The lowest BCUT2D eigenvalue weighted by molar-refractivity contribution is 1.06. The Balaban J connectivity index is 1.75. The maximum absolute atomic E-state index is 2.51. The smallest absolute Gasteiger partial charge is 0.0771 e. The predicted molar refractivity (Wildman–Crippen MR) is 113 cm³/mol. The molecule has 0 amide bonds. The number of allylic oxidation sites excluding steroid dienone is 4. The van der Waals surface area contributed by atoms with E-state index in [9.17, 15) is 0 Å². The zero-order valence-corrected chi connectivity index (χ0v) is 16.9. The SMILES string of the molecule is C[Si](C)(C)C1=CCC(CCP(c2ccccc2)c2ccccc2)=C1. The van der Waals surface area contributed by atoms with E-state index >= 15 is 0 Å². The fourth-order valence-electron chi connectivity index (χ4n) is 3.15. The Hall–Kier alpha value is -1.43. The van der Waals surface area contributed by atoms with Gasteiger partial charge in [-0.2, -0.15) is 0 Å². The van der Waals surface area contributed by atoms with Crippen molar-refractivity contribution in [1.82, 2.24) is 0 Å². The van der Waals surface area contributed by atoms with Crippen molar-refractivity contribution in [3.63, 3.8) is 0 Å². The molecule has 0 saturated carbocycles. The normalized spacial score (nSPS) is 14.7. The van der Waals surface area contributed by atoms with Crippen molar-refractivity contribution < 1.29 is 0 Å². The van der Waals surface area contributed by atoms with E-state index < -0.39 is 8.07 Å². The molecule has 0 bridgehead atoms. The van der Waals surface area contributed by atoms with Crippen LogP contribution in [0.3, 0.4) is 0 Å². The standard InChI is InChI=1S/C22H27PSi/c1-24(2,3)22-15-14-19(18-22)16-17-23(20-10-6-4-7-11-20)21-12-8-5-9-13-21/h4-13,15,18H,14,16-17H2,1-3H3. The second-order valence-corrected chi connectivity index (χ2v) is 14.9. The molecule has 0 aromatic heterocycles. The molecule has 0 nitrogen and oxygen atoms in total. The Morgan fingerprint density at radius 2 is 1.38 bits per heavy atom. The van der Waals surface area contributed by atoms with Crippen LogP contribution in [0.1, 0.15) is 12.8 Å². The highest BCUT2D eigenvalue weighted by Gasteiger charge is 2.22. The number of benzene rings is 2. The van der Waals surface area contributed by atoms with Crippen LogP contribution in [0.25, 0.3) is 0 Å². The van der Waals surface area contributed by atoms with Gasteiger partial charge in [0.1, 0.15) is 0 Å². The van der Waals surface area contributed by atoms with E-state index in [1.54, 1.807) is 10.8 Å². The van der Waals surface area contributed by atoms with Crippen molar-refractivity contribution in [2.24, 2.45) is 0 Å². The summed E-state index contributed by atoms with van der Waals surface area (Å²) in [4.78, 5) is 0. The average molecular weight is 351 g/mol. The van der Waals surface area contributed by atoms with Gasteiger partial charge in [0.2, 0.25) is 0 Å². The molecule has 3 rings (SSSR count). The molecule has 0 N–H and O–H groups in total. The highest BCUT2D eigenvalue weighted by atomic mass is 31.1. The van der Waals surface area contributed by atoms with E-state index in [4.69, 9.17) is 0 Å². The lowest BCUT2D eigenvalue weighted by Gasteiger charge is -2.19. The molecule has 0 atom stereocenters. The summed E-state index contributed by atoms with van der Waals surface area (Å²) in [5, 5.41) is 4.63. The zero-order chi connectivity index (χ0) is 17.0. The maximum atomic E-state index is 2.51. The summed E-state index contributed by atoms with van der Waals surface area (Å²) in [7, 11) is -1.42. The van der Waals surface area contributed by atoms with Crippen LogP contribution in [0.5, 0.6) is 0 Å². The number of hydrogen-bond donors (Lipinski definition) is 0. The van der Waals surface area contributed by atoms with Crippen LogP contribution in [-0.2, 0) is 0 Å². The summed E-state index contributed by atoms with van der Waals surface area (Å²) in [5.74, 6) is 0. The minimum atomic E-state index is -1.16. The first-order valence-electron chi connectivity index (χ1n) is 8.82. The summed E-state index contributed by atoms with van der Waals surface area (Å²) in [6.45, 7) is 7.33. The maximum Gasteiger partial charge on any atom is 0.0771 e. The van der Waals surface area contributed by atoms with Gasteiger partial charge in [0.05, 0.1) is 8.07 Å². The van der Waals surface area contributed by atoms with Crippen LogP contribution in [0, 0.1) is 0 Å². The molecule has 0 saturated heterocycles. The first-order valence-corrected chi connectivity index (χ1v) is 13.8. The molecule has 2 aromatic carbocycles. The van der Waals surface area contributed by atoms with Crippen molar-refractivity contribution in [2.45, 2.75) is 32.5 Å². The summed E-state index contributed by atoms with van der Waals surface area (Å²) < 4.78 is 0. The van der Waals surface area contributed by atoms with Gasteiger partial charge < -0.3 is 0 Å². The lowest BCUT2D eigenvalue weighted by Crippen LogP contribution is -2.21. The fraction of sp³-hybridized carbons (Fsp3) is 0.273. The molecule has 2 aromatic rings. The van der Waals surface area contributed by atoms with Gasteiger partial charge >= 0.3 is 0 Å². The highest BCUT2D eigenvalue weighted by molar-refractivity contribution is 7.73. The lowest BCUT2D eigenvalue weighted by atomic mass is 10.2. The Kier molecular flexibility index (Phi) is 5.53. The van der Waals surface area contributed by atoms with Crippen LogP contribution in [0.4, 0.5) is 0 Å². The molecule has 0 radical (unpaired) electrons. The van der Waals surface area contributed by atoms with Gasteiger partial charge in [0.25, 0.3) is 0 Å². The van der Waals surface area contributed by atoms with Crippen LogP contribution in [-0.4, -0.2) is 14.2 Å². The van der Waals surface area contributed by atoms with E-state index in [0.29, 0.717) is 0 Å². The van der Waals surface area contributed by atoms with Crippen molar-refractivity contribution in [3.05, 3.63) is 83.6 Å². The second kappa shape index (κ2) is 7.63. The summed E-state index contributed by atoms with van der Waals surface area (Å²) >= 11 is 0. The van der Waals surface area contributed by atoms with Gasteiger partial charge in [-0.1, -0.05) is 103 Å². The van der Waals surface area contributed by atoms with Gasteiger partial charge in [-0.15, -0.1) is 0 Å². The summed E-state index contributed by atoms with van der Waals surface area (Å²) in [6.07, 6.45) is 8.64. The summed E-state index contributed by atoms with van der Waals surface area (Å²) in [5.41, 5.74) is 1.63. The minimum absolute atomic E-state index is 0.262. The topological polar surface area (TPSA) is 0 Å². The van der Waals surface area contributed by atoms with E-state index in [1.165, 1.54) is 29.6 Å². The zero-order valence-electron chi connectivity index (χ0n) is 15.0. The largest absolute Gasteiger partial charge is 0.0812 e. The van der Waals surface area contributed by atoms with Gasteiger partial charge in [-0.25, -0.2) is 0 Å². The third kappa shape index (κ3) is 4.35. The fourth-order valence-corrected chi connectivity index (χ4v) is 6.90. The number of hydrogen-bond acceptors (Lipinski definition) is 0.